The van der Waals surface area contributed by atoms with Gasteiger partial charge in [-0.1, -0.05) is 30.5 Å². The summed E-state index contributed by atoms with van der Waals surface area (Å²) in [5.74, 6) is 0. The average Bonchev–Trinajstić information content (AvgIpc) is 2.66. The molecule has 0 radical (unpaired) electrons. The highest BCUT2D eigenvalue weighted by Crippen LogP contribution is 2.42. The summed E-state index contributed by atoms with van der Waals surface area (Å²) in [7, 11) is 0. The van der Waals surface area contributed by atoms with Crippen molar-refractivity contribution in [3.05, 3.63) is 34.4 Å². The molecule has 86 valence electrons. The van der Waals surface area contributed by atoms with Gasteiger partial charge in [-0.2, -0.15) is 0 Å². The Kier molecular flexibility index (Phi) is 2.88. The molecule has 0 amide bonds. The van der Waals surface area contributed by atoms with Crippen molar-refractivity contribution in [2.24, 2.45) is 0 Å². The van der Waals surface area contributed by atoms with Crippen molar-refractivity contribution in [3.8, 4) is 0 Å². The minimum absolute atomic E-state index is 0.179. The summed E-state index contributed by atoms with van der Waals surface area (Å²) < 4.78 is 0. The van der Waals surface area contributed by atoms with Crippen LogP contribution in [-0.2, 0) is 10.2 Å². The predicted molar refractivity (Wildman–Crippen MR) is 66.9 cm³/mol. The summed E-state index contributed by atoms with van der Waals surface area (Å²) in [5.41, 5.74) is 4.98. The second kappa shape index (κ2) is 4.04. The van der Waals surface area contributed by atoms with Gasteiger partial charge in [0.2, 0.25) is 0 Å². The molecule has 0 aliphatic heterocycles. The molecule has 1 aliphatic rings. The van der Waals surface area contributed by atoms with Crippen molar-refractivity contribution >= 4 is 6.29 Å². The molecule has 16 heavy (non-hydrogen) atoms. The Labute approximate surface area is 97.9 Å². The monoisotopic (exact) mass is 216 g/mol. The Balaban J connectivity index is 2.58. The van der Waals surface area contributed by atoms with Crippen molar-refractivity contribution < 1.29 is 4.79 Å². The zero-order valence-corrected chi connectivity index (χ0v) is 10.5. The molecule has 1 nitrogen and oxygen atoms in total. The van der Waals surface area contributed by atoms with Crippen LogP contribution in [0.5, 0.6) is 0 Å². The predicted octanol–water partition coefficient (Wildman–Crippen LogP) is 3.62. The molecular weight excluding hydrogens is 196 g/mol. The number of rotatable bonds is 2. The Morgan fingerprint density at radius 1 is 1.06 bits per heavy atom. The lowest BCUT2D eigenvalue weighted by Crippen LogP contribution is -2.26. The summed E-state index contributed by atoms with van der Waals surface area (Å²) in [6, 6.07) is 4.40. The van der Waals surface area contributed by atoms with Crippen LogP contribution in [0.2, 0.25) is 0 Å². The van der Waals surface area contributed by atoms with E-state index in [2.05, 4.69) is 32.9 Å². The number of carbonyl (C=O) groups is 1. The Morgan fingerprint density at radius 2 is 1.56 bits per heavy atom. The first kappa shape index (κ1) is 11.4. The second-order valence-electron chi connectivity index (χ2n) is 5.25. The summed E-state index contributed by atoms with van der Waals surface area (Å²) in [6.07, 6.45) is 5.63. The molecular formula is C15H20O. The highest BCUT2D eigenvalue weighted by molar-refractivity contribution is 5.71. The quantitative estimate of drug-likeness (QED) is 0.690. The zero-order chi connectivity index (χ0) is 11.8. The fraction of sp³-hybridized carbons (Fsp3) is 0.533. The van der Waals surface area contributed by atoms with Gasteiger partial charge in [0.25, 0.3) is 0 Å². The number of hydrogen-bond donors (Lipinski definition) is 0. The normalized spacial score (nSPS) is 18.7. The second-order valence-corrected chi connectivity index (χ2v) is 5.25. The summed E-state index contributed by atoms with van der Waals surface area (Å²) >= 11 is 0. The van der Waals surface area contributed by atoms with Crippen LogP contribution < -0.4 is 0 Å². The van der Waals surface area contributed by atoms with Gasteiger partial charge in [-0.15, -0.1) is 0 Å². The number of benzene rings is 1. The van der Waals surface area contributed by atoms with Crippen LogP contribution in [0.15, 0.2) is 12.1 Å². The molecule has 0 atom stereocenters. The molecule has 1 heteroatoms. The van der Waals surface area contributed by atoms with Crippen molar-refractivity contribution in [2.75, 3.05) is 0 Å². The molecule has 0 saturated heterocycles. The molecule has 1 aliphatic carbocycles. The Hall–Kier alpha value is -1.11. The van der Waals surface area contributed by atoms with Crippen LogP contribution in [0.4, 0.5) is 0 Å². The summed E-state index contributed by atoms with van der Waals surface area (Å²) in [5, 5.41) is 0. The van der Waals surface area contributed by atoms with Crippen molar-refractivity contribution in [3.63, 3.8) is 0 Å². The van der Waals surface area contributed by atoms with Gasteiger partial charge in [0.15, 0.2) is 0 Å². The van der Waals surface area contributed by atoms with Crippen LogP contribution in [0, 0.1) is 20.8 Å². The maximum absolute atomic E-state index is 11.5. The van der Waals surface area contributed by atoms with Gasteiger partial charge in [-0.05, 0) is 50.3 Å². The van der Waals surface area contributed by atoms with E-state index >= 15 is 0 Å². The average molecular weight is 216 g/mol. The third kappa shape index (κ3) is 1.68. The molecule has 0 unspecified atom stereocenters. The minimum Gasteiger partial charge on any atom is -0.302 e. The molecule has 1 aromatic carbocycles. The van der Waals surface area contributed by atoms with Crippen LogP contribution in [0.3, 0.4) is 0 Å². The highest BCUT2D eigenvalue weighted by atomic mass is 16.1. The van der Waals surface area contributed by atoms with Gasteiger partial charge in [0.05, 0.1) is 5.41 Å². The van der Waals surface area contributed by atoms with E-state index in [1.165, 1.54) is 41.4 Å². The van der Waals surface area contributed by atoms with Gasteiger partial charge in [-0.3, -0.25) is 0 Å². The Bertz CT molecular complexity index is 388. The molecule has 0 spiro atoms. The molecule has 1 aromatic rings. The van der Waals surface area contributed by atoms with Gasteiger partial charge >= 0.3 is 0 Å². The van der Waals surface area contributed by atoms with Crippen LogP contribution >= 0.6 is 0 Å². The number of aldehydes is 1. The number of aryl methyl sites for hydroxylation is 3. The fourth-order valence-corrected chi connectivity index (χ4v) is 3.40. The smallest absolute Gasteiger partial charge is 0.130 e. The van der Waals surface area contributed by atoms with Gasteiger partial charge in [0, 0.05) is 0 Å². The Morgan fingerprint density at radius 3 is 2.00 bits per heavy atom. The SMILES string of the molecule is Cc1cc(C)c(C2(C=O)CCCC2)c(C)c1. The lowest BCUT2D eigenvalue weighted by molar-refractivity contribution is -0.112. The third-order valence-electron chi connectivity index (χ3n) is 3.90. The summed E-state index contributed by atoms with van der Waals surface area (Å²) in [4.78, 5) is 11.5. The largest absolute Gasteiger partial charge is 0.302 e. The fourth-order valence-electron chi connectivity index (χ4n) is 3.40. The van der Waals surface area contributed by atoms with Gasteiger partial charge in [0.1, 0.15) is 6.29 Å². The van der Waals surface area contributed by atoms with E-state index < -0.39 is 0 Å². The standard InChI is InChI=1S/C15H20O/c1-11-8-12(2)14(13(3)9-11)15(10-16)6-4-5-7-15/h8-10H,4-7H2,1-3H3. The molecule has 1 fully saturated rings. The van der Waals surface area contributed by atoms with E-state index in [0.29, 0.717) is 0 Å². The molecule has 0 aromatic heterocycles. The van der Waals surface area contributed by atoms with E-state index in [0.717, 1.165) is 12.8 Å². The van der Waals surface area contributed by atoms with Crippen molar-refractivity contribution in [2.45, 2.75) is 51.9 Å². The topological polar surface area (TPSA) is 17.1 Å². The van der Waals surface area contributed by atoms with E-state index in [9.17, 15) is 4.79 Å². The first-order chi connectivity index (χ1) is 7.59. The third-order valence-corrected chi connectivity index (χ3v) is 3.90. The minimum atomic E-state index is -0.179. The zero-order valence-electron chi connectivity index (χ0n) is 10.5. The van der Waals surface area contributed by atoms with Gasteiger partial charge < -0.3 is 4.79 Å². The van der Waals surface area contributed by atoms with Crippen molar-refractivity contribution in [1.29, 1.82) is 0 Å². The maximum atomic E-state index is 11.5. The lowest BCUT2D eigenvalue weighted by Gasteiger charge is -2.27. The highest BCUT2D eigenvalue weighted by Gasteiger charge is 2.37. The van der Waals surface area contributed by atoms with Crippen LogP contribution in [-0.4, -0.2) is 6.29 Å². The van der Waals surface area contributed by atoms with Crippen LogP contribution in [0.1, 0.15) is 47.9 Å². The number of carbonyl (C=O) groups excluding carboxylic acids is 1. The summed E-state index contributed by atoms with van der Waals surface area (Å²) in [6.45, 7) is 6.39. The van der Waals surface area contributed by atoms with Crippen molar-refractivity contribution in [1.82, 2.24) is 0 Å². The first-order valence-electron chi connectivity index (χ1n) is 6.14. The molecule has 2 rings (SSSR count). The van der Waals surface area contributed by atoms with E-state index in [-0.39, 0.29) is 5.41 Å². The van der Waals surface area contributed by atoms with E-state index in [4.69, 9.17) is 0 Å². The van der Waals surface area contributed by atoms with Crippen LogP contribution in [0.25, 0.3) is 0 Å². The molecule has 0 heterocycles. The molecule has 0 bridgehead atoms. The van der Waals surface area contributed by atoms with Gasteiger partial charge in [-0.25, -0.2) is 0 Å². The first-order valence-corrected chi connectivity index (χ1v) is 6.14. The van der Waals surface area contributed by atoms with E-state index in [1.54, 1.807) is 0 Å². The maximum Gasteiger partial charge on any atom is 0.130 e. The number of hydrogen-bond acceptors (Lipinski definition) is 1. The lowest BCUT2D eigenvalue weighted by atomic mass is 9.75. The molecule has 0 N–H and O–H groups in total. The van der Waals surface area contributed by atoms with E-state index in [1.807, 2.05) is 0 Å². The molecule has 1 saturated carbocycles.